The van der Waals surface area contributed by atoms with Crippen LogP contribution < -0.4 is 5.73 Å². The van der Waals surface area contributed by atoms with Crippen molar-refractivity contribution in [3.05, 3.63) is 187 Å². The number of amidine groups is 1. The first kappa shape index (κ1) is 29.5. The Balaban J connectivity index is 1.11. The second-order valence-corrected chi connectivity index (χ2v) is 12.5. The van der Waals surface area contributed by atoms with Crippen LogP contribution in [0, 0.1) is 0 Å². The van der Waals surface area contributed by atoms with Crippen molar-refractivity contribution < 1.29 is 8.83 Å². The molecule has 2 heterocycles. The molecular weight excluding hydrogens is 613 g/mol. The Bertz CT molecular complexity index is 2720. The van der Waals surface area contributed by atoms with E-state index in [-0.39, 0.29) is 0 Å². The summed E-state index contributed by atoms with van der Waals surface area (Å²) in [4.78, 5) is 4.95. The SMILES string of the molecule is NC(=N/C(=C\Cc1ccccc1)c1cccc(-c2ccc3oc4c(ccc5c6cc(-c7ccccc7)ccc6oc54)c3c2)c1)c1ccccc1. The van der Waals surface area contributed by atoms with E-state index < -0.39 is 0 Å². The van der Waals surface area contributed by atoms with Gasteiger partial charge in [0.15, 0.2) is 11.2 Å². The smallest absolute Gasteiger partial charge is 0.178 e. The molecular formula is C46H32N2O2. The second kappa shape index (κ2) is 12.4. The molecule has 50 heavy (non-hydrogen) atoms. The molecule has 0 aliphatic rings. The van der Waals surface area contributed by atoms with E-state index in [4.69, 9.17) is 19.6 Å². The summed E-state index contributed by atoms with van der Waals surface area (Å²) in [6, 6.07) is 56.2. The minimum absolute atomic E-state index is 0.481. The Kier molecular flexibility index (Phi) is 7.33. The third-order valence-electron chi connectivity index (χ3n) is 9.36. The van der Waals surface area contributed by atoms with Crippen LogP contribution in [-0.2, 0) is 6.42 Å². The normalized spacial score (nSPS) is 12.4. The predicted molar refractivity (Wildman–Crippen MR) is 207 cm³/mol. The van der Waals surface area contributed by atoms with Crippen LogP contribution in [0.1, 0.15) is 16.7 Å². The van der Waals surface area contributed by atoms with Gasteiger partial charge in [0.05, 0.1) is 5.70 Å². The Morgan fingerprint density at radius 1 is 0.480 bits per heavy atom. The van der Waals surface area contributed by atoms with Gasteiger partial charge in [-0.1, -0.05) is 127 Å². The van der Waals surface area contributed by atoms with Gasteiger partial charge in [-0.25, -0.2) is 4.99 Å². The molecule has 4 nitrogen and oxygen atoms in total. The molecule has 0 fully saturated rings. The molecule has 0 amide bonds. The van der Waals surface area contributed by atoms with E-state index in [0.717, 1.165) is 83.8 Å². The van der Waals surface area contributed by atoms with Crippen LogP contribution in [0.2, 0.25) is 0 Å². The number of rotatable bonds is 7. The summed E-state index contributed by atoms with van der Waals surface area (Å²) in [5, 5.41) is 4.19. The number of nitrogens with zero attached hydrogens (tertiary/aromatic N) is 1. The average molecular weight is 645 g/mol. The largest absolute Gasteiger partial charge is 0.452 e. The highest BCUT2D eigenvalue weighted by Gasteiger charge is 2.17. The summed E-state index contributed by atoms with van der Waals surface area (Å²) in [7, 11) is 0. The zero-order valence-electron chi connectivity index (χ0n) is 27.2. The fourth-order valence-corrected chi connectivity index (χ4v) is 6.78. The van der Waals surface area contributed by atoms with E-state index in [0.29, 0.717) is 5.84 Å². The topological polar surface area (TPSA) is 64.7 Å². The first-order valence-corrected chi connectivity index (χ1v) is 16.8. The van der Waals surface area contributed by atoms with Crippen LogP contribution in [0.5, 0.6) is 0 Å². The van der Waals surface area contributed by atoms with Crippen molar-refractivity contribution in [2.24, 2.45) is 10.7 Å². The lowest BCUT2D eigenvalue weighted by atomic mass is 9.99. The molecule has 9 rings (SSSR count). The molecule has 0 atom stereocenters. The number of aliphatic imine (C=N–C) groups is 1. The van der Waals surface area contributed by atoms with Gasteiger partial charge < -0.3 is 14.6 Å². The Morgan fingerprint density at radius 2 is 1.00 bits per heavy atom. The van der Waals surface area contributed by atoms with Crippen LogP contribution >= 0.6 is 0 Å². The van der Waals surface area contributed by atoms with Crippen LogP contribution in [0.4, 0.5) is 0 Å². The molecule has 0 aliphatic carbocycles. The van der Waals surface area contributed by atoms with Gasteiger partial charge in [-0.15, -0.1) is 0 Å². The van der Waals surface area contributed by atoms with Gasteiger partial charge in [0.1, 0.15) is 17.0 Å². The second-order valence-electron chi connectivity index (χ2n) is 12.5. The van der Waals surface area contributed by atoms with Crippen LogP contribution in [0.15, 0.2) is 184 Å². The molecule has 0 saturated heterocycles. The first-order chi connectivity index (χ1) is 24.7. The lowest BCUT2D eigenvalue weighted by Gasteiger charge is -2.09. The predicted octanol–water partition coefficient (Wildman–Crippen LogP) is 11.8. The fourth-order valence-electron chi connectivity index (χ4n) is 6.78. The number of hydrogen-bond donors (Lipinski definition) is 1. The molecule has 7 aromatic carbocycles. The van der Waals surface area contributed by atoms with Gasteiger partial charge in [-0.2, -0.15) is 0 Å². The van der Waals surface area contributed by atoms with E-state index in [9.17, 15) is 0 Å². The molecule has 0 unspecified atom stereocenters. The summed E-state index contributed by atoms with van der Waals surface area (Å²) in [5.41, 5.74) is 18.2. The van der Waals surface area contributed by atoms with Crippen molar-refractivity contribution in [2.45, 2.75) is 6.42 Å². The van der Waals surface area contributed by atoms with Crippen LogP contribution in [0.25, 0.3) is 71.8 Å². The average Bonchev–Trinajstić information content (AvgIpc) is 3.75. The molecule has 9 aromatic rings. The standard InChI is InChI=1S/C46H32N2O2/c47-46(32-15-8-3-9-16-32)48-41(24-19-30-11-4-1-5-12-30)36-18-10-17-33(27-36)35-21-26-43-40(29-35)38-23-22-37-39-28-34(31-13-6-2-7-14-31)20-25-42(39)49-44(37)45(38)50-43/h1-18,20-29H,19H2,(H2,47,48)/b41-24-. The van der Waals surface area contributed by atoms with E-state index in [2.05, 4.69) is 127 Å². The molecule has 0 spiro atoms. The van der Waals surface area contributed by atoms with Gasteiger partial charge in [0.25, 0.3) is 0 Å². The van der Waals surface area contributed by atoms with Gasteiger partial charge in [-0.05, 0) is 76.7 Å². The quantitative estimate of drug-likeness (QED) is 0.139. The molecule has 2 N–H and O–H groups in total. The van der Waals surface area contributed by atoms with Gasteiger partial charge >= 0.3 is 0 Å². The lowest BCUT2D eigenvalue weighted by Crippen LogP contribution is -2.13. The van der Waals surface area contributed by atoms with Gasteiger partial charge in [0.2, 0.25) is 0 Å². The number of fused-ring (bicyclic) bond motifs is 7. The van der Waals surface area contributed by atoms with Gasteiger partial charge in [-0.3, -0.25) is 0 Å². The molecule has 0 bridgehead atoms. The zero-order valence-corrected chi connectivity index (χ0v) is 27.2. The molecule has 0 saturated carbocycles. The van der Waals surface area contributed by atoms with Crippen molar-refractivity contribution in [2.75, 3.05) is 0 Å². The third-order valence-corrected chi connectivity index (χ3v) is 9.36. The zero-order chi connectivity index (χ0) is 33.4. The van der Waals surface area contributed by atoms with Crippen molar-refractivity contribution in [1.29, 1.82) is 0 Å². The van der Waals surface area contributed by atoms with Crippen LogP contribution in [0.3, 0.4) is 0 Å². The van der Waals surface area contributed by atoms with Crippen molar-refractivity contribution >= 4 is 55.4 Å². The van der Waals surface area contributed by atoms with E-state index in [1.807, 2.05) is 42.5 Å². The number of nitrogens with two attached hydrogens (primary N) is 1. The summed E-state index contributed by atoms with van der Waals surface area (Å²) >= 11 is 0. The highest BCUT2D eigenvalue weighted by Crippen LogP contribution is 2.41. The highest BCUT2D eigenvalue weighted by molar-refractivity contribution is 6.19. The molecule has 4 heteroatoms. The van der Waals surface area contributed by atoms with Crippen molar-refractivity contribution in [1.82, 2.24) is 0 Å². The van der Waals surface area contributed by atoms with Crippen molar-refractivity contribution in [3.8, 4) is 22.3 Å². The minimum atomic E-state index is 0.481. The summed E-state index contributed by atoms with van der Waals surface area (Å²) in [6.45, 7) is 0. The maximum Gasteiger partial charge on any atom is 0.178 e. The van der Waals surface area contributed by atoms with Gasteiger partial charge in [0, 0.05) is 32.7 Å². The van der Waals surface area contributed by atoms with E-state index in [1.165, 1.54) is 11.1 Å². The molecule has 238 valence electrons. The summed E-state index contributed by atoms with van der Waals surface area (Å²) < 4.78 is 12.9. The fraction of sp³-hybridized carbons (Fsp3) is 0.0217. The Labute approximate surface area is 289 Å². The van der Waals surface area contributed by atoms with E-state index in [1.54, 1.807) is 0 Å². The highest BCUT2D eigenvalue weighted by atomic mass is 16.4. The number of allylic oxidation sites excluding steroid dienone is 1. The molecule has 0 radical (unpaired) electrons. The monoisotopic (exact) mass is 644 g/mol. The van der Waals surface area contributed by atoms with Crippen LogP contribution in [-0.4, -0.2) is 5.84 Å². The Morgan fingerprint density at radius 3 is 1.64 bits per heavy atom. The summed E-state index contributed by atoms with van der Waals surface area (Å²) in [6.07, 6.45) is 2.89. The third kappa shape index (κ3) is 5.43. The summed E-state index contributed by atoms with van der Waals surface area (Å²) in [5.74, 6) is 0.481. The number of furan rings is 2. The van der Waals surface area contributed by atoms with E-state index >= 15 is 0 Å². The number of hydrogen-bond acceptors (Lipinski definition) is 3. The lowest BCUT2D eigenvalue weighted by molar-refractivity contribution is 0.633. The maximum atomic E-state index is 6.54. The number of benzene rings is 7. The van der Waals surface area contributed by atoms with Crippen molar-refractivity contribution in [3.63, 3.8) is 0 Å². The minimum Gasteiger partial charge on any atom is -0.452 e. The molecule has 2 aromatic heterocycles. The molecule has 0 aliphatic heterocycles. The maximum absolute atomic E-state index is 6.54. The first-order valence-electron chi connectivity index (χ1n) is 16.8. The Hall–Kier alpha value is -6.65.